The second-order valence-corrected chi connectivity index (χ2v) is 3.89. The van der Waals surface area contributed by atoms with Crippen LogP contribution >= 0.6 is 0 Å². The molecule has 0 bridgehead atoms. The van der Waals surface area contributed by atoms with Gasteiger partial charge in [0.2, 0.25) is 0 Å². The van der Waals surface area contributed by atoms with E-state index < -0.39 is 0 Å². The van der Waals surface area contributed by atoms with Crippen LogP contribution in [0.3, 0.4) is 0 Å². The molecular formula is C12H16FN. The number of nitrogens with one attached hydrogen (secondary N) is 1. The van der Waals surface area contributed by atoms with E-state index in [-0.39, 0.29) is 5.82 Å². The van der Waals surface area contributed by atoms with Gasteiger partial charge in [0.15, 0.2) is 0 Å². The van der Waals surface area contributed by atoms with Gasteiger partial charge in [0.1, 0.15) is 5.82 Å². The Balaban J connectivity index is 2.33. The molecule has 1 N–H and O–H groups in total. The Morgan fingerprint density at radius 1 is 1.50 bits per heavy atom. The standard InChI is InChI=1S/C12H16FN/c1-2-9-3-4-11(13)7-12(9)10-5-6-14-8-10/h3-4,7,10,14H,2,5-6,8H2,1H3. The van der Waals surface area contributed by atoms with E-state index in [1.165, 1.54) is 11.1 Å². The fourth-order valence-corrected chi connectivity index (χ4v) is 2.19. The van der Waals surface area contributed by atoms with Crippen LogP contribution in [0.25, 0.3) is 0 Å². The van der Waals surface area contributed by atoms with Gasteiger partial charge in [-0.25, -0.2) is 4.39 Å². The Labute approximate surface area is 84.3 Å². The molecule has 0 radical (unpaired) electrons. The monoisotopic (exact) mass is 193 g/mol. The van der Waals surface area contributed by atoms with Crippen LogP contribution in [0.15, 0.2) is 18.2 Å². The summed E-state index contributed by atoms with van der Waals surface area (Å²) in [5.74, 6) is 0.407. The minimum Gasteiger partial charge on any atom is -0.316 e. The Kier molecular flexibility index (Phi) is 2.82. The largest absolute Gasteiger partial charge is 0.316 e. The molecule has 1 atom stereocenters. The van der Waals surface area contributed by atoms with E-state index in [1.54, 1.807) is 12.1 Å². The smallest absolute Gasteiger partial charge is 0.123 e. The highest BCUT2D eigenvalue weighted by Crippen LogP contribution is 2.26. The minimum atomic E-state index is -0.107. The van der Waals surface area contributed by atoms with Gasteiger partial charge in [0, 0.05) is 6.54 Å². The van der Waals surface area contributed by atoms with Gasteiger partial charge in [-0.3, -0.25) is 0 Å². The molecule has 0 aromatic heterocycles. The molecule has 1 aliphatic rings. The van der Waals surface area contributed by atoms with E-state index >= 15 is 0 Å². The zero-order chi connectivity index (χ0) is 9.97. The number of rotatable bonds is 2. The second kappa shape index (κ2) is 4.09. The highest BCUT2D eigenvalue weighted by Gasteiger charge is 2.19. The summed E-state index contributed by atoms with van der Waals surface area (Å²) < 4.78 is 13.1. The van der Waals surface area contributed by atoms with Crippen molar-refractivity contribution in [3.8, 4) is 0 Å². The van der Waals surface area contributed by atoms with E-state index in [0.717, 1.165) is 25.9 Å². The van der Waals surface area contributed by atoms with Gasteiger partial charge in [-0.1, -0.05) is 13.0 Å². The molecule has 1 fully saturated rings. The fraction of sp³-hybridized carbons (Fsp3) is 0.500. The summed E-state index contributed by atoms with van der Waals surface area (Å²) in [6.07, 6.45) is 2.13. The Morgan fingerprint density at radius 2 is 2.36 bits per heavy atom. The molecule has 2 rings (SSSR count). The maximum absolute atomic E-state index is 13.1. The van der Waals surface area contributed by atoms with Crippen molar-refractivity contribution in [3.05, 3.63) is 35.1 Å². The van der Waals surface area contributed by atoms with E-state index in [0.29, 0.717) is 5.92 Å². The Morgan fingerprint density at radius 3 is 3.00 bits per heavy atom. The average molecular weight is 193 g/mol. The maximum Gasteiger partial charge on any atom is 0.123 e. The van der Waals surface area contributed by atoms with E-state index in [9.17, 15) is 4.39 Å². The van der Waals surface area contributed by atoms with Gasteiger partial charge in [0.05, 0.1) is 0 Å². The number of benzene rings is 1. The Hall–Kier alpha value is -0.890. The number of halogens is 1. The highest BCUT2D eigenvalue weighted by atomic mass is 19.1. The zero-order valence-electron chi connectivity index (χ0n) is 8.52. The molecule has 1 aromatic carbocycles. The lowest BCUT2D eigenvalue weighted by atomic mass is 9.92. The van der Waals surface area contributed by atoms with Gasteiger partial charge in [0.25, 0.3) is 0 Å². The summed E-state index contributed by atoms with van der Waals surface area (Å²) in [7, 11) is 0. The Bertz CT molecular complexity index is 316. The van der Waals surface area contributed by atoms with Crippen LogP contribution in [-0.2, 0) is 6.42 Å². The molecule has 1 heterocycles. The van der Waals surface area contributed by atoms with Crippen molar-refractivity contribution in [2.75, 3.05) is 13.1 Å². The van der Waals surface area contributed by atoms with Crippen LogP contribution in [0.2, 0.25) is 0 Å². The average Bonchev–Trinajstić information content (AvgIpc) is 2.70. The summed E-state index contributed by atoms with van der Waals surface area (Å²) in [6, 6.07) is 5.18. The third kappa shape index (κ3) is 1.80. The first-order chi connectivity index (χ1) is 6.81. The molecule has 1 nitrogen and oxygen atoms in total. The van der Waals surface area contributed by atoms with Crippen LogP contribution in [0.4, 0.5) is 4.39 Å². The first kappa shape index (κ1) is 9.66. The highest BCUT2D eigenvalue weighted by molar-refractivity contribution is 5.32. The second-order valence-electron chi connectivity index (χ2n) is 3.89. The molecule has 76 valence electrons. The summed E-state index contributed by atoms with van der Waals surface area (Å²) >= 11 is 0. The lowest BCUT2D eigenvalue weighted by molar-refractivity contribution is 0.619. The SMILES string of the molecule is CCc1ccc(F)cc1C1CCNC1. The summed E-state index contributed by atoms with van der Waals surface area (Å²) in [5.41, 5.74) is 2.50. The van der Waals surface area contributed by atoms with Crippen molar-refractivity contribution >= 4 is 0 Å². The molecule has 2 heteroatoms. The molecule has 14 heavy (non-hydrogen) atoms. The minimum absolute atomic E-state index is 0.107. The normalized spacial score (nSPS) is 21.4. The third-order valence-corrected chi connectivity index (χ3v) is 2.99. The van der Waals surface area contributed by atoms with Crippen LogP contribution in [0, 0.1) is 5.82 Å². The summed E-state index contributed by atoms with van der Waals surface area (Å²) in [5, 5.41) is 3.32. The van der Waals surface area contributed by atoms with Crippen LogP contribution in [0.1, 0.15) is 30.4 Å². The first-order valence-corrected chi connectivity index (χ1v) is 5.30. The number of aryl methyl sites for hydroxylation is 1. The quantitative estimate of drug-likeness (QED) is 0.760. The van der Waals surface area contributed by atoms with E-state index in [1.807, 2.05) is 6.07 Å². The summed E-state index contributed by atoms with van der Waals surface area (Å²) in [6.45, 7) is 4.18. The van der Waals surface area contributed by atoms with Crippen LogP contribution in [0.5, 0.6) is 0 Å². The molecule has 0 spiro atoms. The number of hydrogen-bond acceptors (Lipinski definition) is 1. The summed E-state index contributed by atoms with van der Waals surface area (Å²) in [4.78, 5) is 0. The van der Waals surface area contributed by atoms with E-state index in [4.69, 9.17) is 0 Å². The fourth-order valence-electron chi connectivity index (χ4n) is 2.19. The van der Waals surface area contributed by atoms with Gasteiger partial charge < -0.3 is 5.32 Å². The van der Waals surface area contributed by atoms with Gasteiger partial charge in [-0.2, -0.15) is 0 Å². The maximum atomic E-state index is 13.1. The molecule has 0 saturated carbocycles. The zero-order valence-corrected chi connectivity index (χ0v) is 8.52. The van der Waals surface area contributed by atoms with Gasteiger partial charge in [-0.05, 0) is 48.6 Å². The molecule has 1 unspecified atom stereocenters. The third-order valence-electron chi connectivity index (χ3n) is 2.99. The van der Waals surface area contributed by atoms with Crippen molar-refractivity contribution < 1.29 is 4.39 Å². The number of hydrogen-bond donors (Lipinski definition) is 1. The molecule has 1 aliphatic heterocycles. The van der Waals surface area contributed by atoms with Crippen molar-refractivity contribution in [3.63, 3.8) is 0 Å². The van der Waals surface area contributed by atoms with Gasteiger partial charge in [-0.15, -0.1) is 0 Å². The van der Waals surface area contributed by atoms with E-state index in [2.05, 4.69) is 12.2 Å². The lowest BCUT2D eigenvalue weighted by Crippen LogP contribution is -2.09. The van der Waals surface area contributed by atoms with Crippen molar-refractivity contribution in [2.45, 2.75) is 25.7 Å². The molecule has 1 saturated heterocycles. The predicted octanol–water partition coefficient (Wildman–Crippen LogP) is 2.46. The molecule has 1 aromatic rings. The van der Waals surface area contributed by atoms with Crippen LogP contribution < -0.4 is 5.32 Å². The topological polar surface area (TPSA) is 12.0 Å². The first-order valence-electron chi connectivity index (χ1n) is 5.30. The van der Waals surface area contributed by atoms with Crippen molar-refractivity contribution in [1.29, 1.82) is 0 Å². The van der Waals surface area contributed by atoms with Crippen molar-refractivity contribution in [2.24, 2.45) is 0 Å². The van der Waals surface area contributed by atoms with Gasteiger partial charge >= 0.3 is 0 Å². The van der Waals surface area contributed by atoms with Crippen molar-refractivity contribution in [1.82, 2.24) is 5.32 Å². The molecule has 0 amide bonds. The van der Waals surface area contributed by atoms with Crippen LogP contribution in [-0.4, -0.2) is 13.1 Å². The molecule has 0 aliphatic carbocycles. The predicted molar refractivity (Wildman–Crippen MR) is 56.0 cm³/mol. The lowest BCUT2D eigenvalue weighted by Gasteiger charge is -2.13. The molecular weight excluding hydrogens is 177 g/mol.